The van der Waals surface area contributed by atoms with E-state index >= 15 is 0 Å². The quantitative estimate of drug-likeness (QED) is 0.747. The Balaban J connectivity index is 1.67. The first-order valence-corrected chi connectivity index (χ1v) is 8.84. The van der Waals surface area contributed by atoms with Crippen LogP contribution < -0.4 is 0 Å². The molecule has 3 heterocycles. The van der Waals surface area contributed by atoms with Crippen LogP contribution in [0.25, 0.3) is 0 Å². The molecule has 1 aliphatic rings. The van der Waals surface area contributed by atoms with E-state index in [2.05, 4.69) is 44.9 Å². The van der Waals surface area contributed by atoms with Crippen molar-refractivity contribution in [3.05, 3.63) is 28.2 Å². The average molecular weight is 321 g/mol. The minimum Gasteiger partial charge on any atom is -0.377 e. The van der Waals surface area contributed by atoms with Crippen LogP contribution in [0.15, 0.2) is 17.5 Å². The Morgan fingerprint density at radius 2 is 2.41 bits per heavy atom. The zero-order chi connectivity index (χ0) is 15.2. The van der Waals surface area contributed by atoms with Gasteiger partial charge in [-0.25, -0.2) is 4.68 Å². The van der Waals surface area contributed by atoms with Crippen molar-refractivity contribution in [1.82, 2.24) is 25.1 Å². The summed E-state index contributed by atoms with van der Waals surface area (Å²) in [5, 5.41) is 14.2. The van der Waals surface area contributed by atoms with E-state index in [1.807, 2.05) is 4.68 Å². The SMILES string of the molecule is CCCn1nnnc1CN(Cc1cccs1)C[C@@H]1CCCO1. The number of hydrogen-bond acceptors (Lipinski definition) is 6. The fourth-order valence-corrected chi connectivity index (χ4v) is 3.55. The van der Waals surface area contributed by atoms with Crippen LogP contribution in [-0.2, 0) is 24.4 Å². The first-order valence-electron chi connectivity index (χ1n) is 7.96. The van der Waals surface area contributed by atoms with Crippen molar-refractivity contribution in [3.63, 3.8) is 0 Å². The predicted octanol–water partition coefficient (Wildman–Crippen LogP) is 2.33. The number of aryl methyl sites for hydroxylation is 1. The van der Waals surface area contributed by atoms with Crippen LogP contribution in [0.5, 0.6) is 0 Å². The maximum atomic E-state index is 5.80. The highest BCUT2D eigenvalue weighted by Gasteiger charge is 2.21. The zero-order valence-electron chi connectivity index (χ0n) is 13.0. The van der Waals surface area contributed by atoms with Gasteiger partial charge >= 0.3 is 0 Å². The molecule has 0 unspecified atom stereocenters. The Morgan fingerprint density at radius 3 is 3.14 bits per heavy atom. The van der Waals surface area contributed by atoms with Crippen LogP contribution in [0.2, 0.25) is 0 Å². The second kappa shape index (κ2) is 7.80. The van der Waals surface area contributed by atoms with E-state index in [1.165, 1.54) is 11.3 Å². The molecule has 0 N–H and O–H groups in total. The highest BCUT2D eigenvalue weighted by molar-refractivity contribution is 7.09. The predicted molar refractivity (Wildman–Crippen MR) is 85.5 cm³/mol. The Hall–Kier alpha value is -1.31. The van der Waals surface area contributed by atoms with Gasteiger partial charge in [-0.3, -0.25) is 4.90 Å². The van der Waals surface area contributed by atoms with Gasteiger partial charge in [0.15, 0.2) is 5.82 Å². The molecule has 2 aromatic heterocycles. The molecule has 120 valence electrons. The van der Waals surface area contributed by atoms with E-state index in [0.29, 0.717) is 6.10 Å². The van der Waals surface area contributed by atoms with E-state index in [0.717, 1.165) is 51.5 Å². The topological polar surface area (TPSA) is 56.1 Å². The first kappa shape index (κ1) is 15.6. The molecule has 0 bridgehead atoms. The van der Waals surface area contributed by atoms with Gasteiger partial charge < -0.3 is 4.74 Å². The maximum absolute atomic E-state index is 5.80. The largest absolute Gasteiger partial charge is 0.377 e. The van der Waals surface area contributed by atoms with Crippen molar-refractivity contribution < 1.29 is 4.74 Å². The summed E-state index contributed by atoms with van der Waals surface area (Å²) in [5.74, 6) is 0.941. The molecule has 6 nitrogen and oxygen atoms in total. The Morgan fingerprint density at radius 1 is 1.45 bits per heavy atom. The second-order valence-corrected chi connectivity index (χ2v) is 6.73. The molecular formula is C15H23N5OS. The lowest BCUT2D eigenvalue weighted by Gasteiger charge is -2.24. The molecule has 1 fully saturated rings. The summed E-state index contributed by atoms with van der Waals surface area (Å²) in [7, 11) is 0. The van der Waals surface area contributed by atoms with Crippen molar-refractivity contribution in [2.45, 2.75) is 51.9 Å². The Bertz CT molecular complexity index is 550. The van der Waals surface area contributed by atoms with Crippen LogP contribution in [0.4, 0.5) is 0 Å². The smallest absolute Gasteiger partial charge is 0.165 e. The van der Waals surface area contributed by atoms with E-state index in [9.17, 15) is 0 Å². The van der Waals surface area contributed by atoms with Crippen molar-refractivity contribution in [1.29, 1.82) is 0 Å². The summed E-state index contributed by atoms with van der Waals surface area (Å²) in [4.78, 5) is 3.77. The second-order valence-electron chi connectivity index (χ2n) is 5.70. The van der Waals surface area contributed by atoms with Crippen LogP contribution in [0.3, 0.4) is 0 Å². The number of hydrogen-bond donors (Lipinski definition) is 0. The van der Waals surface area contributed by atoms with E-state index in [4.69, 9.17) is 4.74 Å². The first-order chi connectivity index (χ1) is 10.8. The van der Waals surface area contributed by atoms with Crippen molar-refractivity contribution in [2.24, 2.45) is 0 Å². The number of nitrogens with zero attached hydrogens (tertiary/aromatic N) is 5. The normalized spacial score (nSPS) is 18.4. The van der Waals surface area contributed by atoms with Gasteiger partial charge in [0.1, 0.15) is 0 Å². The van der Waals surface area contributed by atoms with Gasteiger partial charge in [0.2, 0.25) is 0 Å². The summed E-state index contributed by atoms with van der Waals surface area (Å²) < 4.78 is 7.72. The molecule has 3 rings (SSSR count). The summed E-state index contributed by atoms with van der Waals surface area (Å²) in [6.07, 6.45) is 3.70. The lowest BCUT2D eigenvalue weighted by atomic mass is 10.2. The number of ether oxygens (including phenoxy) is 1. The van der Waals surface area contributed by atoms with Gasteiger partial charge in [0.25, 0.3) is 0 Å². The van der Waals surface area contributed by atoms with Gasteiger partial charge in [-0.1, -0.05) is 13.0 Å². The molecule has 0 aromatic carbocycles. The lowest BCUT2D eigenvalue weighted by Crippen LogP contribution is -2.32. The fourth-order valence-electron chi connectivity index (χ4n) is 2.81. The molecule has 0 aliphatic carbocycles. The molecule has 1 saturated heterocycles. The molecule has 22 heavy (non-hydrogen) atoms. The third kappa shape index (κ3) is 4.12. The van der Waals surface area contributed by atoms with Gasteiger partial charge in [0.05, 0.1) is 12.6 Å². The number of thiophene rings is 1. The van der Waals surface area contributed by atoms with Gasteiger partial charge in [0, 0.05) is 31.1 Å². The average Bonchev–Trinajstić information content (AvgIpc) is 3.23. The summed E-state index contributed by atoms with van der Waals surface area (Å²) in [6.45, 7) is 6.54. The zero-order valence-corrected chi connectivity index (χ0v) is 13.8. The minimum absolute atomic E-state index is 0.343. The van der Waals surface area contributed by atoms with Crippen LogP contribution >= 0.6 is 11.3 Å². The third-order valence-electron chi connectivity index (χ3n) is 3.85. The maximum Gasteiger partial charge on any atom is 0.165 e. The molecule has 1 aliphatic heterocycles. The van der Waals surface area contributed by atoms with Crippen LogP contribution in [0, 0.1) is 0 Å². The monoisotopic (exact) mass is 321 g/mol. The Kier molecular flexibility index (Phi) is 5.53. The van der Waals surface area contributed by atoms with Crippen molar-refractivity contribution in [2.75, 3.05) is 13.2 Å². The van der Waals surface area contributed by atoms with E-state index in [-0.39, 0.29) is 0 Å². The molecule has 2 aromatic rings. The Labute approximate surface area is 135 Å². The lowest BCUT2D eigenvalue weighted by molar-refractivity contribution is 0.0668. The molecular weight excluding hydrogens is 298 g/mol. The van der Waals surface area contributed by atoms with Crippen LogP contribution in [-0.4, -0.2) is 44.4 Å². The summed E-state index contributed by atoms with van der Waals surface area (Å²) in [6, 6.07) is 4.29. The number of aromatic nitrogens is 4. The van der Waals surface area contributed by atoms with E-state index < -0.39 is 0 Å². The summed E-state index contributed by atoms with van der Waals surface area (Å²) >= 11 is 1.80. The molecule has 1 atom stereocenters. The summed E-state index contributed by atoms with van der Waals surface area (Å²) in [5.41, 5.74) is 0. The third-order valence-corrected chi connectivity index (χ3v) is 4.71. The number of tetrazole rings is 1. The molecule has 0 radical (unpaired) electrons. The standard InChI is InChI=1S/C15H23N5OS/c1-2-7-20-15(16-17-18-20)12-19(10-13-5-3-8-21-13)11-14-6-4-9-22-14/h4,6,9,13H,2-3,5,7-8,10-12H2,1H3/t13-/m0/s1. The van der Waals surface area contributed by atoms with Gasteiger partial charge in [-0.2, -0.15) is 0 Å². The minimum atomic E-state index is 0.343. The highest BCUT2D eigenvalue weighted by atomic mass is 32.1. The molecule has 0 spiro atoms. The molecule has 0 saturated carbocycles. The van der Waals surface area contributed by atoms with E-state index in [1.54, 1.807) is 11.3 Å². The fraction of sp³-hybridized carbons (Fsp3) is 0.667. The van der Waals surface area contributed by atoms with Gasteiger partial charge in [-0.05, 0) is 41.1 Å². The molecule has 0 amide bonds. The van der Waals surface area contributed by atoms with Crippen molar-refractivity contribution >= 4 is 11.3 Å². The van der Waals surface area contributed by atoms with Crippen molar-refractivity contribution in [3.8, 4) is 0 Å². The van der Waals surface area contributed by atoms with Crippen LogP contribution in [0.1, 0.15) is 36.9 Å². The van der Waals surface area contributed by atoms with Gasteiger partial charge in [-0.15, -0.1) is 16.4 Å². The highest BCUT2D eigenvalue weighted by Crippen LogP contribution is 2.18. The molecule has 7 heteroatoms. The number of rotatable bonds is 8.